The van der Waals surface area contributed by atoms with Crippen LogP contribution in [0.2, 0.25) is 0 Å². The van der Waals surface area contributed by atoms with Gasteiger partial charge in [0.1, 0.15) is 0 Å². The second kappa shape index (κ2) is 7.00. The van der Waals surface area contributed by atoms with Crippen LogP contribution in [-0.2, 0) is 0 Å². The van der Waals surface area contributed by atoms with Gasteiger partial charge in [0.25, 0.3) is 0 Å². The van der Waals surface area contributed by atoms with Crippen molar-refractivity contribution in [3.63, 3.8) is 0 Å². The van der Waals surface area contributed by atoms with Crippen molar-refractivity contribution in [3.05, 3.63) is 41.0 Å². The smallest absolute Gasteiger partial charge is 0.192 e. The first kappa shape index (κ1) is 15.9. The maximum atomic E-state index is 4.54. The average molecular weight is 302 g/mol. The van der Waals surface area contributed by atoms with Crippen molar-refractivity contribution in [3.8, 4) is 0 Å². The molecule has 2 aromatic heterocycles. The van der Waals surface area contributed by atoms with Gasteiger partial charge in [-0.2, -0.15) is 0 Å². The Bertz CT molecular complexity index is 583. The highest BCUT2D eigenvalue weighted by Gasteiger charge is 2.09. The second-order valence-corrected chi connectivity index (χ2v) is 6.11. The fourth-order valence-corrected chi connectivity index (χ4v) is 2.93. The lowest BCUT2D eigenvalue weighted by Gasteiger charge is -2.13. The van der Waals surface area contributed by atoms with Gasteiger partial charge in [-0.05, 0) is 63.7 Å². The van der Waals surface area contributed by atoms with Gasteiger partial charge in [-0.15, -0.1) is 0 Å². The van der Waals surface area contributed by atoms with Crippen LogP contribution in [0.1, 0.15) is 42.0 Å². The standard InChI is InChI=1S/C16H22N4S/c1-6-14(17-5)15-8-7-13(9-18-15)21-16-19-11(3)10(2)12(4)20-16/h7-9,14,17H,6H2,1-5H3. The van der Waals surface area contributed by atoms with Crippen molar-refractivity contribution < 1.29 is 0 Å². The Morgan fingerprint density at radius 1 is 1.14 bits per heavy atom. The fraction of sp³-hybridized carbons (Fsp3) is 0.438. The second-order valence-electron chi connectivity index (χ2n) is 5.07. The molecule has 0 radical (unpaired) electrons. The van der Waals surface area contributed by atoms with Crippen LogP contribution < -0.4 is 5.32 Å². The van der Waals surface area contributed by atoms with Gasteiger partial charge in [0.05, 0.1) is 5.69 Å². The number of aromatic nitrogens is 3. The Labute approximate surface area is 130 Å². The maximum Gasteiger partial charge on any atom is 0.192 e. The molecule has 0 amide bonds. The Morgan fingerprint density at radius 2 is 1.81 bits per heavy atom. The summed E-state index contributed by atoms with van der Waals surface area (Å²) in [7, 11) is 1.96. The van der Waals surface area contributed by atoms with Crippen LogP contribution in [0.15, 0.2) is 28.4 Å². The molecule has 0 aromatic carbocycles. The summed E-state index contributed by atoms with van der Waals surface area (Å²) in [5, 5.41) is 4.05. The molecule has 5 heteroatoms. The summed E-state index contributed by atoms with van der Waals surface area (Å²) in [6.07, 6.45) is 2.92. The largest absolute Gasteiger partial charge is 0.312 e. The van der Waals surface area contributed by atoms with E-state index in [1.165, 1.54) is 0 Å². The quantitative estimate of drug-likeness (QED) is 0.855. The minimum Gasteiger partial charge on any atom is -0.312 e. The van der Waals surface area contributed by atoms with Crippen LogP contribution in [0.5, 0.6) is 0 Å². The van der Waals surface area contributed by atoms with E-state index in [1.807, 2.05) is 27.1 Å². The highest BCUT2D eigenvalue weighted by atomic mass is 32.2. The normalized spacial score (nSPS) is 12.4. The molecular formula is C16H22N4S. The van der Waals surface area contributed by atoms with Crippen LogP contribution in [-0.4, -0.2) is 22.0 Å². The fourth-order valence-electron chi connectivity index (χ4n) is 2.11. The van der Waals surface area contributed by atoms with Gasteiger partial charge in [0, 0.05) is 28.5 Å². The van der Waals surface area contributed by atoms with Crippen molar-refractivity contribution in [1.29, 1.82) is 0 Å². The van der Waals surface area contributed by atoms with Crippen molar-refractivity contribution in [2.75, 3.05) is 7.05 Å². The van der Waals surface area contributed by atoms with E-state index < -0.39 is 0 Å². The third-order valence-electron chi connectivity index (χ3n) is 3.69. The number of aryl methyl sites for hydroxylation is 2. The third-order valence-corrected chi connectivity index (χ3v) is 4.54. The summed E-state index contributed by atoms with van der Waals surface area (Å²) in [4.78, 5) is 14.7. The van der Waals surface area contributed by atoms with E-state index in [2.05, 4.69) is 46.2 Å². The maximum absolute atomic E-state index is 4.54. The summed E-state index contributed by atoms with van der Waals surface area (Å²) in [5.74, 6) is 0. The van der Waals surface area contributed by atoms with Crippen LogP contribution in [0.25, 0.3) is 0 Å². The first-order valence-electron chi connectivity index (χ1n) is 7.18. The van der Waals surface area contributed by atoms with E-state index in [4.69, 9.17) is 0 Å². The van der Waals surface area contributed by atoms with E-state index in [1.54, 1.807) is 11.8 Å². The minimum atomic E-state index is 0.309. The zero-order valence-corrected chi connectivity index (χ0v) is 14.1. The third kappa shape index (κ3) is 3.80. The summed E-state index contributed by atoms with van der Waals surface area (Å²) in [6.45, 7) is 8.25. The topological polar surface area (TPSA) is 50.7 Å². The molecule has 2 rings (SSSR count). The lowest BCUT2D eigenvalue weighted by Crippen LogP contribution is -2.16. The summed E-state index contributed by atoms with van der Waals surface area (Å²) in [6, 6.07) is 4.46. The minimum absolute atomic E-state index is 0.309. The highest BCUT2D eigenvalue weighted by molar-refractivity contribution is 7.99. The SMILES string of the molecule is CCC(NC)c1ccc(Sc2nc(C)c(C)c(C)n2)cn1. The van der Waals surface area contributed by atoms with Crippen LogP contribution in [0.4, 0.5) is 0 Å². The number of rotatable bonds is 5. The van der Waals surface area contributed by atoms with Crippen LogP contribution in [0.3, 0.4) is 0 Å². The zero-order chi connectivity index (χ0) is 15.4. The summed E-state index contributed by atoms with van der Waals surface area (Å²) in [5.41, 5.74) is 4.31. The van der Waals surface area contributed by atoms with Gasteiger partial charge in [0.15, 0.2) is 5.16 Å². The lowest BCUT2D eigenvalue weighted by atomic mass is 10.1. The van der Waals surface area contributed by atoms with Crippen LogP contribution in [0, 0.1) is 20.8 Å². The molecule has 0 bridgehead atoms. The molecule has 112 valence electrons. The molecule has 0 spiro atoms. The van der Waals surface area contributed by atoms with Gasteiger partial charge in [-0.25, -0.2) is 9.97 Å². The van der Waals surface area contributed by atoms with E-state index in [0.717, 1.165) is 39.1 Å². The first-order chi connectivity index (χ1) is 10.0. The number of pyridine rings is 1. The van der Waals surface area contributed by atoms with E-state index in [9.17, 15) is 0 Å². The molecular weight excluding hydrogens is 280 g/mol. The molecule has 0 fully saturated rings. The molecule has 0 aliphatic carbocycles. The van der Waals surface area contributed by atoms with Crippen molar-refractivity contribution in [1.82, 2.24) is 20.3 Å². The Hall–Kier alpha value is -1.46. The molecule has 1 atom stereocenters. The van der Waals surface area contributed by atoms with Crippen molar-refractivity contribution in [2.45, 2.75) is 50.2 Å². The van der Waals surface area contributed by atoms with Gasteiger partial charge in [-0.3, -0.25) is 4.98 Å². The molecule has 0 saturated heterocycles. The Morgan fingerprint density at radius 3 is 2.29 bits per heavy atom. The van der Waals surface area contributed by atoms with E-state index in [-0.39, 0.29) is 0 Å². The highest BCUT2D eigenvalue weighted by Crippen LogP contribution is 2.26. The predicted molar refractivity (Wildman–Crippen MR) is 86.7 cm³/mol. The molecule has 0 saturated carbocycles. The average Bonchev–Trinajstić information content (AvgIpc) is 2.47. The molecule has 1 N–H and O–H groups in total. The molecule has 2 aromatic rings. The molecule has 1 unspecified atom stereocenters. The molecule has 0 aliphatic rings. The van der Waals surface area contributed by atoms with Crippen molar-refractivity contribution in [2.24, 2.45) is 0 Å². The van der Waals surface area contributed by atoms with Crippen LogP contribution >= 0.6 is 11.8 Å². The monoisotopic (exact) mass is 302 g/mol. The van der Waals surface area contributed by atoms with Gasteiger partial charge >= 0.3 is 0 Å². The number of nitrogens with one attached hydrogen (secondary N) is 1. The lowest BCUT2D eigenvalue weighted by molar-refractivity contribution is 0.561. The summed E-state index contributed by atoms with van der Waals surface area (Å²) >= 11 is 1.56. The van der Waals surface area contributed by atoms with Crippen molar-refractivity contribution >= 4 is 11.8 Å². The Balaban J connectivity index is 2.17. The Kier molecular flexibility index (Phi) is 5.31. The molecule has 0 aliphatic heterocycles. The molecule has 4 nitrogen and oxygen atoms in total. The number of hydrogen-bond donors (Lipinski definition) is 1. The van der Waals surface area contributed by atoms with Gasteiger partial charge in [-0.1, -0.05) is 6.92 Å². The number of hydrogen-bond acceptors (Lipinski definition) is 5. The molecule has 2 heterocycles. The predicted octanol–water partition coefficient (Wildman–Crippen LogP) is 3.62. The first-order valence-corrected chi connectivity index (χ1v) is 7.99. The van der Waals surface area contributed by atoms with E-state index >= 15 is 0 Å². The summed E-state index contributed by atoms with van der Waals surface area (Å²) < 4.78 is 0. The molecule has 21 heavy (non-hydrogen) atoms. The van der Waals surface area contributed by atoms with E-state index in [0.29, 0.717) is 6.04 Å². The number of nitrogens with zero attached hydrogens (tertiary/aromatic N) is 3. The zero-order valence-electron chi connectivity index (χ0n) is 13.3. The van der Waals surface area contributed by atoms with Gasteiger partial charge in [0.2, 0.25) is 0 Å². The van der Waals surface area contributed by atoms with Gasteiger partial charge < -0.3 is 5.32 Å².